The fourth-order valence-corrected chi connectivity index (χ4v) is 3.92. The van der Waals surface area contributed by atoms with Gasteiger partial charge in [-0.25, -0.2) is 0 Å². The van der Waals surface area contributed by atoms with E-state index in [4.69, 9.17) is 10.7 Å². The van der Waals surface area contributed by atoms with Crippen molar-refractivity contribution < 1.29 is 9.59 Å². The molecule has 0 aliphatic carbocycles. The second kappa shape index (κ2) is 11.9. The lowest BCUT2D eigenvalue weighted by Gasteiger charge is -2.30. The third-order valence-electron chi connectivity index (χ3n) is 5.67. The summed E-state index contributed by atoms with van der Waals surface area (Å²) < 4.78 is 0. The van der Waals surface area contributed by atoms with Crippen LogP contribution in [0.15, 0.2) is 4.99 Å². The molecule has 0 radical (unpaired) electrons. The molecule has 0 aromatic carbocycles. The maximum atomic E-state index is 11.8. The minimum atomic E-state index is -0.151. The highest BCUT2D eigenvalue weighted by atomic mass is 16.2. The molecule has 0 aromatic rings. The van der Waals surface area contributed by atoms with Crippen LogP contribution in [0.3, 0.4) is 0 Å². The number of amides is 2. The molecule has 2 rings (SSSR count). The Balaban J connectivity index is 1.65. The van der Waals surface area contributed by atoms with Crippen molar-refractivity contribution in [2.24, 2.45) is 16.6 Å². The minimum Gasteiger partial charge on any atom is -0.369 e. The molecular weight excluding hydrogens is 356 g/mol. The summed E-state index contributed by atoms with van der Waals surface area (Å²) >= 11 is 0. The van der Waals surface area contributed by atoms with Crippen molar-refractivity contribution in [1.82, 2.24) is 20.4 Å². The monoisotopic (exact) mass is 394 g/mol. The van der Waals surface area contributed by atoms with Gasteiger partial charge in [0.15, 0.2) is 5.96 Å². The lowest BCUT2D eigenvalue weighted by Crippen LogP contribution is -2.45. The molecule has 2 fully saturated rings. The molecule has 2 aliphatic rings. The maximum Gasteiger partial charge on any atom is 0.222 e. The summed E-state index contributed by atoms with van der Waals surface area (Å²) in [5, 5.41) is 6.78. The quantitative estimate of drug-likeness (QED) is 0.301. The SMILES string of the molecule is CCNC(=NCCCCN1CCC(C(N)=O)CC1)NC1CCN(C(=O)CC)C1. The van der Waals surface area contributed by atoms with E-state index in [2.05, 4.69) is 22.5 Å². The Kier molecular flexibility index (Phi) is 9.54. The summed E-state index contributed by atoms with van der Waals surface area (Å²) in [6.07, 6.45) is 5.46. The Bertz CT molecular complexity index is 531. The van der Waals surface area contributed by atoms with Crippen molar-refractivity contribution in [2.45, 2.75) is 58.4 Å². The molecule has 0 bridgehead atoms. The molecule has 8 heteroatoms. The van der Waals surface area contributed by atoms with Crippen LogP contribution >= 0.6 is 0 Å². The summed E-state index contributed by atoms with van der Waals surface area (Å²) in [6, 6.07) is 0.278. The first kappa shape index (κ1) is 22.5. The van der Waals surface area contributed by atoms with E-state index in [0.717, 1.165) is 83.9 Å². The highest BCUT2D eigenvalue weighted by Crippen LogP contribution is 2.16. The maximum absolute atomic E-state index is 11.8. The molecule has 4 N–H and O–H groups in total. The zero-order valence-corrected chi connectivity index (χ0v) is 17.6. The number of likely N-dealkylation sites (tertiary alicyclic amines) is 2. The molecule has 2 saturated heterocycles. The van der Waals surface area contributed by atoms with Crippen LogP contribution in [0.25, 0.3) is 0 Å². The summed E-state index contributed by atoms with van der Waals surface area (Å²) in [5.41, 5.74) is 5.39. The smallest absolute Gasteiger partial charge is 0.222 e. The second-order valence-corrected chi connectivity index (χ2v) is 7.81. The van der Waals surface area contributed by atoms with E-state index in [1.54, 1.807) is 0 Å². The lowest BCUT2D eigenvalue weighted by atomic mass is 9.96. The number of carbonyl (C=O) groups is 2. The average molecular weight is 395 g/mol. The third-order valence-corrected chi connectivity index (χ3v) is 5.67. The van der Waals surface area contributed by atoms with Crippen LogP contribution in [0, 0.1) is 5.92 Å². The number of primary amides is 1. The Hall–Kier alpha value is -1.83. The van der Waals surface area contributed by atoms with Gasteiger partial charge in [-0.2, -0.15) is 0 Å². The van der Waals surface area contributed by atoms with Gasteiger partial charge in [-0.05, 0) is 58.7 Å². The number of nitrogens with zero attached hydrogens (tertiary/aromatic N) is 3. The molecule has 0 spiro atoms. The molecule has 8 nitrogen and oxygen atoms in total. The topological polar surface area (TPSA) is 103 Å². The van der Waals surface area contributed by atoms with Crippen LogP contribution < -0.4 is 16.4 Å². The molecule has 0 saturated carbocycles. The second-order valence-electron chi connectivity index (χ2n) is 7.81. The highest BCUT2D eigenvalue weighted by Gasteiger charge is 2.26. The Morgan fingerprint density at radius 3 is 2.50 bits per heavy atom. The number of unbranched alkanes of at least 4 members (excludes halogenated alkanes) is 1. The minimum absolute atomic E-state index is 0.0636. The largest absolute Gasteiger partial charge is 0.369 e. The van der Waals surface area contributed by atoms with E-state index in [0.29, 0.717) is 6.42 Å². The number of nitrogens with one attached hydrogen (secondary N) is 2. The first-order valence-corrected chi connectivity index (χ1v) is 10.9. The average Bonchev–Trinajstić information content (AvgIpc) is 3.16. The molecule has 1 atom stereocenters. The molecule has 2 amide bonds. The van der Waals surface area contributed by atoms with Gasteiger partial charge in [-0.3, -0.25) is 14.6 Å². The van der Waals surface area contributed by atoms with Crippen LogP contribution in [0.2, 0.25) is 0 Å². The molecular formula is C20H38N6O2. The number of aliphatic imine (C=N–C) groups is 1. The van der Waals surface area contributed by atoms with Gasteiger partial charge in [0.2, 0.25) is 11.8 Å². The highest BCUT2D eigenvalue weighted by molar-refractivity contribution is 5.80. The number of piperidine rings is 1. The molecule has 1 unspecified atom stereocenters. The molecule has 0 aromatic heterocycles. The van der Waals surface area contributed by atoms with Crippen molar-refractivity contribution in [3.8, 4) is 0 Å². The van der Waals surface area contributed by atoms with Gasteiger partial charge in [-0.15, -0.1) is 0 Å². The van der Waals surface area contributed by atoms with Crippen LogP contribution in [-0.4, -0.2) is 79.4 Å². The van der Waals surface area contributed by atoms with Crippen LogP contribution in [0.5, 0.6) is 0 Å². The standard InChI is InChI=1S/C20H38N6O2/c1-3-18(27)26-14-9-17(15-26)24-20(22-4-2)23-10-5-6-11-25-12-7-16(8-13-25)19(21)28/h16-17H,3-15H2,1-2H3,(H2,21,28)(H2,22,23,24). The van der Waals surface area contributed by atoms with E-state index in [1.165, 1.54) is 0 Å². The first-order valence-electron chi connectivity index (χ1n) is 10.9. The zero-order chi connectivity index (χ0) is 20.4. The number of rotatable bonds is 9. The number of hydrogen-bond acceptors (Lipinski definition) is 4. The van der Waals surface area contributed by atoms with Crippen LogP contribution in [0.1, 0.15) is 52.4 Å². The van der Waals surface area contributed by atoms with Gasteiger partial charge < -0.3 is 26.2 Å². The summed E-state index contributed by atoms with van der Waals surface area (Å²) in [6.45, 7) is 10.2. The van der Waals surface area contributed by atoms with Gasteiger partial charge in [0.1, 0.15) is 0 Å². The number of hydrogen-bond donors (Lipinski definition) is 3. The molecule has 160 valence electrons. The van der Waals surface area contributed by atoms with E-state index in [-0.39, 0.29) is 23.8 Å². The summed E-state index contributed by atoms with van der Waals surface area (Å²) in [5.74, 6) is 0.988. The predicted molar refractivity (Wildman–Crippen MR) is 112 cm³/mol. The molecule has 2 heterocycles. The van der Waals surface area contributed by atoms with Crippen molar-refractivity contribution in [2.75, 3.05) is 45.8 Å². The van der Waals surface area contributed by atoms with Crippen molar-refractivity contribution in [3.05, 3.63) is 0 Å². The van der Waals surface area contributed by atoms with E-state index >= 15 is 0 Å². The third kappa shape index (κ3) is 7.30. The van der Waals surface area contributed by atoms with Gasteiger partial charge in [-0.1, -0.05) is 6.92 Å². The Labute approximate surface area is 169 Å². The Morgan fingerprint density at radius 1 is 1.11 bits per heavy atom. The molecule has 2 aliphatic heterocycles. The number of carbonyl (C=O) groups excluding carboxylic acids is 2. The number of nitrogens with two attached hydrogens (primary N) is 1. The van der Waals surface area contributed by atoms with E-state index in [9.17, 15) is 9.59 Å². The number of guanidine groups is 1. The normalized spacial score (nSPS) is 21.7. The summed E-state index contributed by atoms with van der Waals surface area (Å²) in [7, 11) is 0. The van der Waals surface area contributed by atoms with Gasteiger partial charge in [0.25, 0.3) is 0 Å². The van der Waals surface area contributed by atoms with Gasteiger partial charge in [0.05, 0.1) is 0 Å². The van der Waals surface area contributed by atoms with Crippen molar-refractivity contribution in [1.29, 1.82) is 0 Å². The van der Waals surface area contributed by atoms with E-state index in [1.807, 2.05) is 11.8 Å². The lowest BCUT2D eigenvalue weighted by molar-refractivity contribution is -0.129. The van der Waals surface area contributed by atoms with E-state index < -0.39 is 0 Å². The Morgan fingerprint density at radius 2 is 1.86 bits per heavy atom. The van der Waals surface area contributed by atoms with Crippen molar-refractivity contribution in [3.63, 3.8) is 0 Å². The predicted octanol–water partition coefficient (Wildman–Crippen LogP) is 0.530. The first-order chi connectivity index (χ1) is 13.5. The molecule has 28 heavy (non-hydrogen) atoms. The van der Waals surface area contributed by atoms with Crippen LogP contribution in [0.4, 0.5) is 0 Å². The van der Waals surface area contributed by atoms with Crippen LogP contribution in [-0.2, 0) is 9.59 Å². The van der Waals surface area contributed by atoms with Crippen molar-refractivity contribution >= 4 is 17.8 Å². The fraction of sp³-hybridized carbons (Fsp3) is 0.850. The fourth-order valence-electron chi connectivity index (χ4n) is 3.92. The van der Waals surface area contributed by atoms with Gasteiger partial charge >= 0.3 is 0 Å². The van der Waals surface area contributed by atoms with Gasteiger partial charge in [0, 0.05) is 44.6 Å². The summed E-state index contributed by atoms with van der Waals surface area (Å²) in [4.78, 5) is 32.1. The zero-order valence-electron chi connectivity index (χ0n) is 17.6.